The van der Waals surface area contributed by atoms with Crippen molar-refractivity contribution < 1.29 is 9.90 Å². The van der Waals surface area contributed by atoms with E-state index >= 15 is 0 Å². The first-order valence-corrected chi connectivity index (χ1v) is 5.37. The van der Waals surface area contributed by atoms with Crippen molar-refractivity contribution in [2.75, 3.05) is 0 Å². The quantitative estimate of drug-likeness (QED) is 0.864. The largest absolute Gasteiger partial charge is 0.477 e. The third-order valence-corrected chi connectivity index (χ3v) is 3.57. The van der Waals surface area contributed by atoms with Gasteiger partial charge in [0.05, 0.1) is 5.56 Å². The number of carbonyl (C=O) groups is 1. The molecule has 0 aliphatic carbocycles. The highest BCUT2D eigenvalue weighted by Gasteiger charge is 2.19. The van der Waals surface area contributed by atoms with Crippen molar-refractivity contribution in [1.82, 2.24) is 4.57 Å². The number of aromatic carboxylic acids is 1. The Morgan fingerprint density at radius 1 is 1.50 bits per heavy atom. The van der Waals surface area contributed by atoms with Crippen LogP contribution in [0.25, 0.3) is 5.00 Å². The van der Waals surface area contributed by atoms with Gasteiger partial charge < -0.3 is 9.67 Å². The van der Waals surface area contributed by atoms with Crippen LogP contribution in [0.2, 0.25) is 0 Å². The van der Waals surface area contributed by atoms with Gasteiger partial charge in [-0.05, 0) is 24.6 Å². The lowest BCUT2D eigenvalue weighted by Crippen LogP contribution is -1.94. The van der Waals surface area contributed by atoms with Crippen molar-refractivity contribution in [1.29, 1.82) is 5.26 Å². The van der Waals surface area contributed by atoms with Crippen LogP contribution in [0.3, 0.4) is 0 Å². The second kappa shape index (κ2) is 3.83. The van der Waals surface area contributed by atoms with Gasteiger partial charge in [-0.3, -0.25) is 0 Å². The third kappa shape index (κ3) is 1.49. The maximum Gasteiger partial charge on any atom is 0.346 e. The van der Waals surface area contributed by atoms with Crippen molar-refractivity contribution in [3.05, 3.63) is 40.5 Å². The molecule has 4 nitrogen and oxygen atoms in total. The summed E-state index contributed by atoms with van der Waals surface area (Å²) < 4.78 is 1.75. The van der Waals surface area contributed by atoms with Gasteiger partial charge in [-0.2, -0.15) is 5.26 Å². The minimum atomic E-state index is -0.989. The summed E-state index contributed by atoms with van der Waals surface area (Å²) in [6.45, 7) is 1.66. The lowest BCUT2D eigenvalue weighted by molar-refractivity contribution is 0.0701. The summed E-state index contributed by atoms with van der Waals surface area (Å²) >= 11 is 1.12. The number of thiophene rings is 1. The Hall–Kier alpha value is -2.06. The Bertz CT molecular complexity index is 576. The first-order valence-electron chi connectivity index (χ1n) is 4.55. The highest BCUT2D eigenvalue weighted by molar-refractivity contribution is 7.16. The molecule has 0 atom stereocenters. The van der Waals surface area contributed by atoms with Crippen molar-refractivity contribution in [3.8, 4) is 11.1 Å². The standard InChI is InChI=1S/C11H8N2O2S/c1-7-8(6-12)10(13-4-2-3-5-13)16-9(7)11(14)15/h2-5H,1H3,(H,14,15). The molecule has 0 amide bonds. The Morgan fingerprint density at radius 3 is 2.62 bits per heavy atom. The lowest BCUT2D eigenvalue weighted by Gasteiger charge is -1.97. The number of carboxylic acid groups (broad SMARTS) is 1. The zero-order valence-corrected chi connectivity index (χ0v) is 9.28. The molecular weight excluding hydrogens is 224 g/mol. The molecule has 5 heteroatoms. The maximum atomic E-state index is 11.0. The van der Waals surface area contributed by atoms with Gasteiger partial charge in [0.1, 0.15) is 15.9 Å². The fourth-order valence-corrected chi connectivity index (χ4v) is 2.55. The van der Waals surface area contributed by atoms with Crippen LogP contribution in [0.15, 0.2) is 24.5 Å². The molecule has 0 fully saturated rings. The SMILES string of the molecule is Cc1c(C(=O)O)sc(-n2cccc2)c1C#N. The first-order chi connectivity index (χ1) is 7.65. The van der Waals surface area contributed by atoms with Gasteiger partial charge in [0.2, 0.25) is 0 Å². The summed E-state index contributed by atoms with van der Waals surface area (Å²) in [5, 5.41) is 18.7. The van der Waals surface area contributed by atoms with Crippen LogP contribution in [0.5, 0.6) is 0 Å². The van der Waals surface area contributed by atoms with Crippen LogP contribution >= 0.6 is 11.3 Å². The Labute approximate surface area is 96.0 Å². The van der Waals surface area contributed by atoms with Crippen LogP contribution in [-0.2, 0) is 0 Å². The minimum absolute atomic E-state index is 0.222. The summed E-state index contributed by atoms with van der Waals surface area (Å²) in [5.74, 6) is -0.989. The molecule has 0 spiro atoms. The average Bonchev–Trinajstić information content (AvgIpc) is 2.83. The minimum Gasteiger partial charge on any atom is -0.477 e. The fourth-order valence-electron chi connectivity index (χ4n) is 1.49. The van der Waals surface area contributed by atoms with Crippen LogP contribution in [0.4, 0.5) is 0 Å². The molecule has 0 aliphatic rings. The van der Waals surface area contributed by atoms with Gasteiger partial charge in [0.25, 0.3) is 0 Å². The van der Waals surface area contributed by atoms with E-state index in [1.165, 1.54) is 0 Å². The average molecular weight is 232 g/mol. The van der Waals surface area contributed by atoms with Crippen molar-refractivity contribution in [2.45, 2.75) is 6.92 Å². The normalized spacial score (nSPS) is 10.0. The van der Waals surface area contributed by atoms with Gasteiger partial charge in [0.15, 0.2) is 0 Å². The van der Waals surface area contributed by atoms with Crippen LogP contribution in [0.1, 0.15) is 20.8 Å². The second-order valence-electron chi connectivity index (χ2n) is 3.24. The van der Waals surface area contributed by atoms with Crippen molar-refractivity contribution in [3.63, 3.8) is 0 Å². The van der Waals surface area contributed by atoms with Crippen molar-refractivity contribution in [2.24, 2.45) is 0 Å². The van der Waals surface area contributed by atoms with Gasteiger partial charge in [-0.25, -0.2) is 4.79 Å². The monoisotopic (exact) mass is 232 g/mol. The number of nitriles is 1. The van der Waals surface area contributed by atoms with Gasteiger partial charge in [0, 0.05) is 12.4 Å². The van der Waals surface area contributed by atoms with E-state index < -0.39 is 5.97 Å². The summed E-state index contributed by atoms with van der Waals surface area (Å²) in [6, 6.07) is 5.71. The van der Waals surface area contributed by atoms with Gasteiger partial charge >= 0.3 is 5.97 Å². The number of carboxylic acids is 1. The molecule has 0 unspecified atom stereocenters. The molecular formula is C11H8N2O2S. The number of rotatable bonds is 2. The molecule has 2 heterocycles. The van der Waals surface area contributed by atoms with E-state index in [1.807, 2.05) is 12.1 Å². The number of aromatic nitrogens is 1. The topological polar surface area (TPSA) is 66.0 Å². The second-order valence-corrected chi connectivity index (χ2v) is 4.24. The van der Waals surface area contributed by atoms with E-state index in [-0.39, 0.29) is 4.88 Å². The Kier molecular flexibility index (Phi) is 2.50. The Balaban J connectivity index is 2.68. The van der Waals surface area contributed by atoms with Crippen molar-refractivity contribution >= 4 is 17.3 Å². The highest BCUT2D eigenvalue weighted by atomic mass is 32.1. The molecule has 2 aromatic rings. The molecule has 16 heavy (non-hydrogen) atoms. The molecule has 0 aliphatic heterocycles. The van der Waals surface area contributed by atoms with E-state index in [9.17, 15) is 4.79 Å². The van der Waals surface area contributed by atoms with E-state index in [4.69, 9.17) is 10.4 Å². The molecule has 0 aromatic carbocycles. The van der Waals surface area contributed by atoms with Gasteiger partial charge in [-0.1, -0.05) is 0 Å². The van der Waals surface area contributed by atoms with E-state index in [2.05, 4.69) is 6.07 Å². The zero-order valence-electron chi connectivity index (χ0n) is 8.47. The number of nitrogens with zero attached hydrogens (tertiary/aromatic N) is 2. The molecule has 80 valence electrons. The number of hydrogen-bond acceptors (Lipinski definition) is 3. The molecule has 2 rings (SSSR count). The van der Waals surface area contributed by atoms with Crippen LogP contribution in [-0.4, -0.2) is 15.6 Å². The smallest absolute Gasteiger partial charge is 0.346 e. The molecule has 0 radical (unpaired) electrons. The fraction of sp³-hybridized carbons (Fsp3) is 0.0909. The summed E-state index contributed by atoms with van der Waals surface area (Å²) in [5.41, 5.74) is 0.960. The van der Waals surface area contributed by atoms with E-state index in [0.29, 0.717) is 16.1 Å². The molecule has 0 saturated carbocycles. The zero-order chi connectivity index (χ0) is 11.7. The van der Waals surface area contributed by atoms with E-state index in [0.717, 1.165) is 11.3 Å². The Morgan fingerprint density at radius 2 is 2.12 bits per heavy atom. The number of hydrogen-bond donors (Lipinski definition) is 1. The van der Waals surface area contributed by atoms with Gasteiger partial charge in [-0.15, -0.1) is 11.3 Å². The van der Waals surface area contributed by atoms with E-state index in [1.54, 1.807) is 23.9 Å². The molecule has 0 saturated heterocycles. The predicted octanol–water partition coefficient (Wildman–Crippen LogP) is 2.42. The molecule has 1 N–H and O–H groups in total. The molecule has 0 bridgehead atoms. The first kappa shape index (κ1) is 10.5. The highest BCUT2D eigenvalue weighted by Crippen LogP contribution is 2.30. The maximum absolute atomic E-state index is 11.0. The molecule has 2 aromatic heterocycles. The summed E-state index contributed by atoms with van der Waals surface area (Å²) in [4.78, 5) is 11.2. The van der Waals surface area contributed by atoms with Crippen LogP contribution in [0, 0.1) is 18.3 Å². The summed E-state index contributed by atoms with van der Waals surface area (Å²) in [7, 11) is 0. The summed E-state index contributed by atoms with van der Waals surface area (Å²) in [6.07, 6.45) is 3.58. The third-order valence-electron chi connectivity index (χ3n) is 2.27. The predicted molar refractivity (Wildman–Crippen MR) is 60.1 cm³/mol. The van der Waals surface area contributed by atoms with Crippen LogP contribution < -0.4 is 0 Å². The lowest BCUT2D eigenvalue weighted by atomic mass is 10.2.